The summed E-state index contributed by atoms with van der Waals surface area (Å²) in [7, 11) is 0. The largest absolute Gasteiger partial charge is 0.300 e. The lowest BCUT2D eigenvalue weighted by atomic mass is 9.83. The molecule has 3 rings (SSSR count). The molecule has 2 aromatic carbocycles. The van der Waals surface area contributed by atoms with E-state index in [9.17, 15) is 9.59 Å². The summed E-state index contributed by atoms with van der Waals surface area (Å²) >= 11 is 0. The number of hydrogen-bond acceptors (Lipinski definition) is 3. The van der Waals surface area contributed by atoms with Crippen LogP contribution in [0.15, 0.2) is 42.5 Å². The Morgan fingerprint density at radius 1 is 0.773 bits per heavy atom. The fourth-order valence-electron chi connectivity index (χ4n) is 2.95. The van der Waals surface area contributed by atoms with Gasteiger partial charge in [-0.2, -0.15) is 0 Å². The van der Waals surface area contributed by atoms with Crippen molar-refractivity contribution in [2.24, 2.45) is 0 Å². The Balaban J connectivity index is 2.02. The number of carbonyl (C=O) groups is 2. The third-order valence-corrected chi connectivity index (χ3v) is 4.29. The zero-order valence-electron chi connectivity index (χ0n) is 12.9. The van der Waals surface area contributed by atoms with E-state index in [-0.39, 0.29) is 11.6 Å². The highest BCUT2D eigenvalue weighted by atomic mass is 16.1. The monoisotopic (exact) mass is 293 g/mol. The average Bonchev–Trinajstić information content (AvgIpc) is 2.57. The van der Waals surface area contributed by atoms with Crippen molar-refractivity contribution in [2.45, 2.75) is 20.4 Å². The molecule has 0 spiro atoms. The summed E-state index contributed by atoms with van der Waals surface area (Å²) in [6.45, 7) is 6.95. The van der Waals surface area contributed by atoms with E-state index < -0.39 is 0 Å². The number of carbonyl (C=O) groups excluding carboxylic acids is 2. The molecule has 0 fully saturated rings. The molecule has 112 valence electrons. The van der Waals surface area contributed by atoms with Gasteiger partial charge in [-0.1, -0.05) is 44.2 Å². The van der Waals surface area contributed by atoms with Crippen molar-refractivity contribution < 1.29 is 9.59 Å². The van der Waals surface area contributed by atoms with Gasteiger partial charge < -0.3 is 0 Å². The highest BCUT2D eigenvalue weighted by Gasteiger charge is 2.29. The van der Waals surface area contributed by atoms with Crippen LogP contribution >= 0.6 is 0 Å². The van der Waals surface area contributed by atoms with E-state index in [1.54, 1.807) is 30.3 Å². The van der Waals surface area contributed by atoms with E-state index in [1.807, 2.05) is 12.1 Å². The minimum Gasteiger partial charge on any atom is -0.300 e. The summed E-state index contributed by atoms with van der Waals surface area (Å²) in [5.41, 5.74) is 3.15. The molecule has 0 N–H and O–H groups in total. The molecule has 0 aromatic heterocycles. The predicted molar refractivity (Wildman–Crippen MR) is 86.4 cm³/mol. The second-order valence-electron chi connectivity index (χ2n) is 5.55. The van der Waals surface area contributed by atoms with Gasteiger partial charge in [-0.25, -0.2) is 0 Å². The van der Waals surface area contributed by atoms with Crippen molar-refractivity contribution in [1.29, 1.82) is 0 Å². The smallest absolute Gasteiger partial charge is 0.194 e. The van der Waals surface area contributed by atoms with Crippen molar-refractivity contribution in [3.63, 3.8) is 0 Å². The molecule has 0 saturated heterocycles. The lowest BCUT2D eigenvalue weighted by Gasteiger charge is -2.21. The van der Waals surface area contributed by atoms with E-state index in [0.29, 0.717) is 22.3 Å². The van der Waals surface area contributed by atoms with Crippen LogP contribution in [0.2, 0.25) is 0 Å². The SMILES string of the molecule is CCN(CC)Cc1ccc2c(c1)C(=O)c1ccccc1C2=O. The summed E-state index contributed by atoms with van der Waals surface area (Å²) in [6.07, 6.45) is 0. The normalized spacial score (nSPS) is 13.2. The van der Waals surface area contributed by atoms with Gasteiger partial charge in [0.05, 0.1) is 0 Å². The summed E-state index contributed by atoms with van der Waals surface area (Å²) in [6, 6.07) is 12.7. The number of fused-ring (bicyclic) bond motifs is 2. The van der Waals surface area contributed by atoms with Gasteiger partial charge in [0.1, 0.15) is 0 Å². The predicted octanol–water partition coefficient (Wildman–Crippen LogP) is 3.30. The second-order valence-corrected chi connectivity index (χ2v) is 5.55. The maximum atomic E-state index is 12.7. The Bertz CT molecular complexity index is 745. The van der Waals surface area contributed by atoms with Crippen molar-refractivity contribution in [2.75, 3.05) is 13.1 Å². The molecule has 0 aliphatic heterocycles. The molecule has 1 aliphatic rings. The molecule has 0 saturated carbocycles. The molecule has 3 heteroatoms. The summed E-state index contributed by atoms with van der Waals surface area (Å²) in [4.78, 5) is 27.5. The number of rotatable bonds is 4. The van der Waals surface area contributed by atoms with Gasteiger partial charge in [-0.15, -0.1) is 0 Å². The van der Waals surface area contributed by atoms with Crippen molar-refractivity contribution in [1.82, 2.24) is 4.90 Å². The first-order valence-corrected chi connectivity index (χ1v) is 7.69. The van der Waals surface area contributed by atoms with Crippen LogP contribution in [0.5, 0.6) is 0 Å². The highest BCUT2D eigenvalue weighted by molar-refractivity contribution is 6.28. The van der Waals surface area contributed by atoms with E-state index in [4.69, 9.17) is 0 Å². The lowest BCUT2D eigenvalue weighted by molar-refractivity contribution is 0.0979. The molecule has 0 heterocycles. The fraction of sp³-hybridized carbons (Fsp3) is 0.263. The molecular weight excluding hydrogens is 274 g/mol. The first-order chi connectivity index (χ1) is 10.7. The van der Waals surface area contributed by atoms with Crippen LogP contribution in [0.3, 0.4) is 0 Å². The molecule has 0 radical (unpaired) electrons. The molecule has 22 heavy (non-hydrogen) atoms. The summed E-state index contributed by atoms with van der Waals surface area (Å²) < 4.78 is 0. The maximum Gasteiger partial charge on any atom is 0.194 e. The average molecular weight is 293 g/mol. The van der Waals surface area contributed by atoms with E-state index in [2.05, 4.69) is 18.7 Å². The standard InChI is InChI=1S/C19H19NO2/c1-3-20(4-2)12-13-9-10-16-17(11-13)19(22)15-8-6-5-7-14(15)18(16)21/h5-11H,3-4,12H2,1-2H3. The first kappa shape index (κ1) is 14.7. The number of nitrogens with zero attached hydrogens (tertiary/aromatic N) is 1. The Labute approximate surface area is 130 Å². The molecule has 0 amide bonds. The van der Waals surface area contributed by atoms with Gasteiger partial charge in [0.15, 0.2) is 11.6 Å². The zero-order chi connectivity index (χ0) is 15.7. The third kappa shape index (κ3) is 2.38. The highest BCUT2D eigenvalue weighted by Crippen LogP contribution is 2.28. The lowest BCUT2D eigenvalue weighted by Crippen LogP contribution is -2.24. The van der Waals surface area contributed by atoms with Gasteiger partial charge in [-0.05, 0) is 30.8 Å². The molecule has 3 nitrogen and oxygen atoms in total. The van der Waals surface area contributed by atoms with Gasteiger partial charge in [0.25, 0.3) is 0 Å². The quantitative estimate of drug-likeness (QED) is 0.740. The van der Waals surface area contributed by atoms with Gasteiger partial charge in [0, 0.05) is 28.8 Å². The minimum absolute atomic E-state index is 0.0494. The van der Waals surface area contributed by atoms with Crippen molar-refractivity contribution >= 4 is 11.6 Å². The second kappa shape index (κ2) is 5.85. The van der Waals surface area contributed by atoms with E-state index in [0.717, 1.165) is 25.2 Å². The fourth-order valence-corrected chi connectivity index (χ4v) is 2.95. The molecule has 2 aromatic rings. The topological polar surface area (TPSA) is 37.4 Å². The minimum atomic E-state index is -0.0559. The van der Waals surface area contributed by atoms with Crippen LogP contribution in [0, 0.1) is 0 Å². The third-order valence-electron chi connectivity index (χ3n) is 4.29. The molecule has 0 unspecified atom stereocenters. The summed E-state index contributed by atoms with van der Waals surface area (Å²) in [5, 5.41) is 0. The number of hydrogen-bond donors (Lipinski definition) is 0. The van der Waals surface area contributed by atoms with E-state index >= 15 is 0 Å². The van der Waals surface area contributed by atoms with Crippen molar-refractivity contribution in [3.05, 3.63) is 70.3 Å². The molecular formula is C19H19NO2. The zero-order valence-corrected chi connectivity index (χ0v) is 12.9. The Hall–Kier alpha value is -2.26. The van der Waals surface area contributed by atoms with E-state index in [1.165, 1.54) is 0 Å². The summed E-state index contributed by atoms with van der Waals surface area (Å²) in [5.74, 6) is -0.105. The Morgan fingerprint density at radius 2 is 1.32 bits per heavy atom. The van der Waals surface area contributed by atoms with Crippen LogP contribution in [0.1, 0.15) is 51.3 Å². The van der Waals surface area contributed by atoms with Gasteiger partial charge >= 0.3 is 0 Å². The Morgan fingerprint density at radius 3 is 1.91 bits per heavy atom. The number of benzene rings is 2. The van der Waals surface area contributed by atoms with Crippen LogP contribution in [0.4, 0.5) is 0 Å². The van der Waals surface area contributed by atoms with Gasteiger partial charge in [0.2, 0.25) is 0 Å². The number of ketones is 2. The van der Waals surface area contributed by atoms with Gasteiger partial charge in [-0.3, -0.25) is 14.5 Å². The van der Waals surface area contributed by atoms with Crippen LogP contribution in [-0.4, -0.2) is 29.6 Å². The van der Waals surface area contributed by atoms with Crippen LogP contribution in [0.25, 0.3) is 0 Å². The Kier molecular flexibility index (Phi) is 3.90. The van der Waals surface area contributed by atoms with Crippen LogP contribution < -0.4 is 0 Å². The molecule has 1 aliphatic carbocycles. The van der Waals surface area contributed by atoms with Crippen molar-refractivity contribution in [3.8, 4) is 0 Å². The molecule has 0 atom stereocenters. The first-order valence-electron chi connectivity index (χ1n) is 7.69. The maximum absolute atomic E-state index is 12.7. The van der Waals surface area contributed by atoms with Crippen LogP contribution in [-0.2, 0) is 6.54 Å². The molecule has 0 bridgehead atoms.